The van der Waals surface area contributed by atoms with Crippen molar-refractivity contribution in [2.45, 2.75) is 32.2 Å². The van der Waals surface area contributed by atoms with E-state index in [1.807, 2.05) is 6.92 Å². The van der Waals surface area contributed by atoms with Crippen LogP contribution in [0.5, 0.6) is 5.75 Å². The van der Waals surface area contributed by atoms with Crippen molar-refractivity contribution in [2.24, 2.45) is 0 Å². The number of carbonyl (C=O) groups excluding carboxylic acids is 2. The van der Waals surface area contributed by atoms with Gasteiger partial charge in [-0.1, -0.05) is 12.1 Å². The molecule has 1 aromatic rings. The highest BCUT2D eigenvalue weighted by atomic mass is 16.5. The van der Waals surface area contributed by atoms with Crippen LogP contribution in [0, 0.1) is 0 Å². The van der Waals surface area contributed by atoms with Crippen molar-refractivity contribution in [1.82, 2.24) is 9.80 Å². The fraction of sp³-hybridized carbons (Fsp3) is 0.500. The topological polar surface area (TPSA) is 87.2 Å². The van der Waals surface area contributed by atoms with Gasteiger partial charge in [0, 0.05) is 20.1 Å². The minimum absolute atomic E-state index is 0.115. The summed E-state index contributed by atoms with van der Waals surface area (Å²) in [5.41, 5.74) is 0.442. The molecular formula is C18H24N2O5. The van der Waals surface area contributed by atoms with Crippen molar-refractivity contribution >= 4 is 17.8 Å². The van der Waals surface area contributed by atoms with Crippen LogP contribution >= 0.6 is 0 Å². The predicted molar refractivity (Wildman–Crippen MR) is 91.6 cm³/mol. The van der Waals surface area contributed by atoms with Gasteiger partial charge in [-0.15, -0.1) is 0 Å². The Hall–Kier alpha value is -2.57. The number of benzene rings is 1. The number of aliphatic carboxylic acids is 1. The van der Waals surface area contributed by atoms with E-state index in [1.165, 1.54) is 4.90 Å². The quantitative estimate of drug-likeness (QED) is 0.809. The first-order valence-electron chi connectivity index (χ1n) is 8.45. The standard InChI is InChI=1S/C18H24N2O5/c1-3-25-15-9-5-4-7-13(15)17(23)20-11-6-8-14(20)18(24)19(2)12-10-16(21)22/h4-5,7,9,14H,3,6,8,10-12H2,1-2H3,(H,21,22). The highest BCUT2D eigenvalue weighted by molar-refractivity contribution is 6.00. The van der Waals surface area contributed by atoms with Crippen LogP contribution in [0.2, 0.25) is 0 Å². The van der Waals surface area contributed by atoms with Gasteiger partial charge in [0.1, 0.15) is 11.8 Å². The second kappa shape index (κ2) is 8.50. The van der Waals surface area contributed by atoms with Crippen molar-refractivity contribution in [3.05, 3.63) is 29.8 Å². The molecule has 1 unspecified atom stereocenters. The number of rotatable bonds is 7. The first kappa shape index (κ1) is 18.8. The molecule has 1 atom stereocenters. The Morgan fingerprint density at radius 1 is 1.32 bits per heavy atom. The number of para-hydroxylation sites is 1. The Labute approximate surface area is 147 Å². The zero-order valence-electron chi connectivity index (χ0n) is 14.6. The molecular weight excluding hydrogens is 324 g/mol. The number of carboxylic acids is 1. The number of ether oxygens (including phenoxy) is 1. The highest BCUT2D eigenvalue weighted by Gasteiger charge is 2.36. The molecule has 1 saturated heterocycles. The average molecular weight is 348 g/mol. The average Bonchev–Trinajstić information content (AvgIpc) is 3.08. The second-order valence-corrected chi connectivity index (χ2v) is 5.99. The highest BCUT2D eigenvalue weighted by Crippen LogP contribution is 2.26. The summed E-state index contributed by atoms with van der Waals surface area (Å²) < 4.78 is 5.52. The maximum atomic E-state index is 12.9. The molecule has 136 valence electrons. The molecule has 25 heavy (non-hydrogen) atoms. The number of likely N-dealkylation sites (N-methyl/N-ethyl adjacent to an activating group) is 1. The number of nitrogens with zero attached hydrogens (tertiary/aromatic N) is 2. The molecule has 7 heteroatoms. The number of hydrogen-bond donors (Lipinski definition) is 1. The first-order chi connectivity index (χ1) is 12.0. The zero-order chi connectivity index (χ0) is 18.4. The Morgan fingerprint density at radius 3 is 2.72 bits per heavy atom. The summed E-state index contributed by atoms with van der Waals surface area (Å²) in [6.07, 6.45) is 1.21. The van der Waals surface area contributed by atoms with Gasteiger partial charge in [0.05, 0.1) is 18.6 Å². The number of hydrogen-bond acceptors (Lipinski definition) is 4. The van der Waals surface area contributed by atoms with E-state index in [9.17, 15) is 14.4 Å². The molecule has 1 aliphatic rings. The molecule has 7 nitrogen and oxygen atoms in total. The monoisotopic (exact) mass is 348 g/mol. The molecule has 0 spiro atoms. The van der Waals surface area contributed by atoms with Crippen LogP contribution in [-0.2, 0) is 9.59 Å². The van der Waals surface area contributed by atoms with Crippen molar-refractivity contribution in [1.29, 1.82) is 0 Å². The first-order valence-corrected chi connectivity index (χ1v) is 8.45. The summed E-state index contributed by atoms with van der Waals surface area (Å²) in [5, 5.41) is 8.76. The maximum Gasteiger partial charge on any atom is 0.305 e. The summed E-state index contributed by atoms with van der Waals surface area (Å²) >= 11 is 0. The minimum Gasteiger partial charge on any atom is -0.493 e. The van der Waals surface area contributed by atoms with E-state index in [1.54, 1.807) is 36.2 Å². The van der Waals surface area contributed by atoms with Crippen LogP contribution in [0.15, 0.2) is 24.3 Å². The van der Waals surface area contributed by atoms with Crippen LogP contribution in [0.1, 0.15) is 36.5 Å². The number of amides is 2. The van der Waals surface area contributed by atoms with E-state index in [0.717, 1.165) is 6.42 Å². The molecule has 0 saturated carbocycles. The number of likely N-dealkylation sites (tertiary alicyclic amines) is 1. The van der Waals surface area contributed by atoms with Gasteiger partial charge < -0.3 is 19.6 Å². The molecule has 2 rings (SSSR count). The smallest absolute Gasteiger partial charge is 0.305 e. The normalized spacial score (nSPS) is 16.6. The predicted octanol–water partition coefficient (Wildman–Crippen LogP) is 1.62. The van der Waals surface area contributed by atoms with Crippen molar-refractivity contribution < 1.29 is 24.2 Å². The summed E-state index contributed by atoms with van der Waals surface area (Å²) in [5.74, 6) is -0.899. The van der Waals surface area contributed by atoms with Crippen molar-refractivity contribution in [3.63, 3.8) is 0 Å². The Morgan fingerprint density at radius 2 is 2.04 bits per heavy atom. The molecule has 0 bridgehead atoms. The molecule has 1 aromatic carbocycles. The van der Waals surface area contributed by atoms with E-state index in [2.05, 4.69) is 0 Å². The lowest BCUT2D eigenvalue weighted by Crippen LogP contribution is -2.47. The Kier molecular flexibility index (Phi) is 6.38. The van der Waals surface area contributed by atoms with Gasteiger partial charge in [-0.25, -0.2) is 0 Å². The molecule has 1 fully saturated rings. The van der Waals surface area contributed by atoms with Gasteiger partial charge >= 0.3 is 5.97 Å². The van der Waals surface area contributed by atoms with E-state index < -0.39 is 12.0 Å². The fourth-order valence-electron chi connectivity index (χ4n) is 2.97. The lowest BCUT2D eigenvalue weighted by molar-refractivity contribution is -0.139. The molecule has 1 aliphatic heterocycles. The summed E-state index contributed by atoms with van der Waals surface area (Å²) in [6.45, 7) is 2.93. The van der Waals surface area contributed by atoms with Crippen LogP contribution in [0.4, 0.5) is 0 Å². The molecule has 2 amide bonds. The summed E-state index contributed by atoms with van der Waals surface area (Å²) in [4.78, 5) is 39.2. The van der Waals surface area contributed by atoms with Gasteiger partial charge in [-0.05, 0) is 31.9 Å². The van der Waals surface area contributed by atoms with E-state index in [-0.39, 0.29) is 24.8 Å². The van der Waals surface area contributed by atoms with Gasteiger partial charge in [0.2, 0.25) is 5.91 Å². The largest absolute Gasteiger partial charge is 0.493 e. The van der Waals surface area contributed by atoms with Crippen LogP contribution in [0.25, 0.3) is 0 Å². The lowest BCUT2D eigenvalue weighted by atomic mass is 10.1. The Bertz CT molecular complexity index is 646. The van der Waals surface area contributed by atoms with Crippen molar-refractivity contribution in [2.75, 3.05) is 26.7 Å². The molecule has 0 aliphatic carbocycles. The maximum absolute atomic E-state index is 12.9. The third kappa shape index (κ3) is 4.49. The minimum atomic E-state index is -0.954. The van der Waals surface area contributed by atoms with E-state index >= 15 is 0 Å². The SMILES string of the molecule is CCOc1ccccc1C(=O)N1CCCC1C(=O)N(C)CCC(=O)O. The number of carbonyl (C=O) groups is 3. The summed E-state index contributed by atoms with van der Waals surface area (Å²) in [6, 6.07) is 6.45. The van der Waals surface area contributed by atoms with Gasteiger partial charge in [-0.2, -0.15) is 0 Å². The molecule has 1 heterocycles. The van der Waals surface area contributed by atoms with E-state index in [4.69, 9.17) is 9.84 Å². The number of carboxylic acid groups (broad SMARTS) is 1. The van der Waals surface area contributed by atoms with Gasteiger partial charge in [0.25, 0.3) is 5.91 Å². The second-order valence-electron chi connectivity index (χ2n) is 5.99. The van der Waals surface area contributed by atoms with E-state index in [0.29, 0.717) is 30.9 Å². The fourth-order valence-corrected chi connectivity index (χ4v) is 2.97. The zero-order valence-corrected chi connectivity index (χ0v) is 14.6. The third-order valence-electron chi connectivity index (χ3n) is 4.25. The van der Waals surface area contributed by atoms with Gasteiger partial charge in [0.15, 0.2) is 0 Å². The van der Waals surface area contributed by atoms with Crippen LogP contribution in [-0.4, -0.2) is 65.5 Å². The molecule has 0 aromatic heterocycles. The van der Waals surface area contributed by atoms with Gasteiger partial charge in [-0.3, -0.25) is 14.4 Å². The Balaban J connectivity index is 2.14. The lowest BCUT2D eigenvalue weighted by Gasteiger charge is -2.28. The summed E-state index contributed by atoms with van der Waals surface area (Å²) in [7, 11) is 1.57. The molecule has 1 N–H and O–H groups in total. The van der Waals surface area contributed by atoms with Crippen LogP contribution in [0.3, 0.4) is 0 Å². The van der Waals surface area contributed by atoms with Crippen LogP contribution < -0.4 is 4.74 Å². The molecule has 0 radical (unpaired) electrons. The van der Waals surface area contributed by atoms with Crippen molar-refractivity contribution in [3.8, 4) is 5.75 Å². The third-order valence-corrected chi connectivity index (χ3v) is 4.25.